The zero-order chi connectivity index (χ0) is 41.2. The quantitative estimate of drug-likeness (QED) is 0.0380. The van der Waals surface area contributed by atoms with Crippen LogP contribution in [0.1, 0.15) is 194 Å². The van der Waals surface area contributed by atoms with Gasteiger partial charge in [0.2, 0.25) is 0 Å². The zero-order valence-corrected chi connectivity index (χ0v) is 37.1. The molecule has 0 saturated heterocycles. The van der Waals surface area contributed by atoms with Crippen LogP contribution in [0.3, 0.4) is 0 Å². The number of aliphatic hydroxyl groups is 1. The van der Waals surface area contributed by atoms with Gasteiger partial charge in [-0.25, -0.2) is 0 Å². The Morgan fingerprint density at radius 1 is 0.421 bits per heavy atom. The Kier molecular flexibility index (Phi) is 46.7. The summed E-state index contributed by atoms with van der Waals surface area (Å²) < 4.78 is 11.2. The highest BCUT2D eigenvalue weighted by Crippen LogP contribution is 2.13. The van der Waals surface area contributed by atoms with Crippen molar-refractivity contribution >= 4 is 5.97 Å². The lowest BCUT2D eigenvalue weighted by Crippen LogP contribution is -2.27. The van der Waals surface area contributed by atoms with Crippen LogP contribution in [-0.4, -0.2) is 37.0 Å². The molecule has 0 fully saturated rings. The number of aliphatic hydroxyl groups excluding tert-OH is 1. The monoisotopic (exact) mass is 789 g/mol. The van der Waals surface area contributed by atoms with Gasteiger partial charge >= 0.3 is 5.97 Å². The summed E-state index contributed by atoms with van der Waals surface area (Å²) in [6.45, 7) is 5.08. The molecule has 1 N–H and O–H groups in total. The van der Waals surface area contributed by atoms with Crippen molar-refractivity contribution < 1.29 is 19.4 Å². The van der Waals surface area contributed by atoms with E-state index in [0.29, 0.717) is 13.0 Å². The number of carbonyl (C=O) groups is 1. The van der Waals surface area contributed by atoms with Crippen molar-refractivity contribution in [3.05, 3.63) is 109 Å². The van der Waals surface area contributed by atoms with Gasteiger partial charge in [0.25, 0.3) is 0 Å². The summed E-state index contributed by atoms with van der Waals surface area (Å²) in [7, 11) is 0. The standard InChI is InChI=1S/C53H88O4/c1-3-5-7-9-11-13-15-17-19-21-23-25-26-27-28-29-30-32-34-36-38-40-42-44-46-48-53(55)57-52(50-54)51-56-49-47-45-43-41-39-37-35-33-31-24-22-20-18-16-14-12-10-8-6-4-2/h5-8,11-14,17-20,23-25,27-28,31,52,54H,3-4,9-10,15-16,21-22,26,29-30,32-51H2,1-2H3/b7-5-,8-6-,13-11-,14-12-,19-17-,20-18-,25-23-,28-27-,31-24-. The van der Waals surface area contributed by atoms with Gasteiger partial charge in [0, 0.05) is 13.0 Å². The summed E-state index contributed by atoms with van der Waals surface area (Å²) in [5.74, 6) is -0.216. The number of esters is 1. The molecule has 0 aliphatic carbocycles. The first-order valence-corrected chi connectivity index (χ1v) is 23.5. The van der Waals surface area contributed by atoms with Crippen LogP contribution in [-0.2, 0) is 14.3 Å². The topological polar surface area (TPSA) is 55.8 Å². The first-order chi connectivity index (χ1) is 28.2. The Bertz CT molecular complexity index is 1100. The Morgan fingerprint density at radius 3 is 1.11 bits per heavy atom. The second-order valence-electron chi connectivity index (χ2n) is 15.1. The summed E-state index contributed by atoms with van der Waals surface area (Å²) in [6.07, 6.45) is 71.6. The molecule has 0 radical (unpaired) electrons. The molecule has 1 atom stereocenters. The highest BCUT2D eigenvalue weighted by Gasteiger charge is 2.13. The maximum atomic E-state index is 12.3. The molecule has 0 amide bonds. The van der Waals surface area contributed by atoms with Crippen molar-refractivity contribution in [2.24, 2.45) is 0 Å². The van der Waals surface area contributed by atoms with E-state index in [1.807, 2.05) is 0 Å². The van der Waals surface area contributed by atoms with Gasteiger partial charge in [-0.1, -0.05) is 200 Å². The molecule has 0 aromatic carbocycles. The number of carbonyl (C=O) groups excluding carboxylic acids is 1. The van der Waals surface area contributed by atoms with Crippen molar-refractivity contribution in [1.82, 2.24) is 0 Å². The average Bonchev–Trinajstić information content (AvgIpc) is 3.22. The fraction of sp³-hybridized carbons (Fsp3) is 0.642. The van der Waals surface area contributed by atoms with E-state index in [1.54, 1.807) is 0 Å². The van der Waals surface area contributed by atoms with E-state index in [1.165, 1.54) is 89.9 Å². The van der Waals surface area contributed by atoms with Gasteiger partial charge in [-0.05, 0) is 96.3 Å². The Morgan fingerprint density at radius 2 is 0.737 bits per heavy atom. The Labute approximate surface area is 353 Å². The molecule has 0 aliphatic heterocycles. The van der Waals surface area contributed by atoms with Gasteiger partial charge in [-0.2, -0.15) is 0 Å². The SMILES string of the molecule is CC/C=C\C/C=C\C/C=C\C/C=C\C/C=C\CCCCCCCCCCCC(=O)OC(CO)COCCCCCCCCC/C=C\C/C=C\C/C=C\C/C=C\CC. The molecule has 0 bridgehead atoms. The van der Waals surface area contributed by atoms with Crippen LogP contribution in [0, 0.1) is 0 Å². The number of ether oxygens (including phenoxy) is 2. The minimum atomic E-state index is -0.552. The molecule has 0 spiro atoms. The lowest BCUT2D eigenvalue weighted by Gasteiger charge is -2.16. The van der Waals surface area contributed by atoms with Crippen molar-refractivity contribution in [1.29, 1.82) is 0 Å². The summed E-state index contributed by atoms with van der Waals surface area (Å²) in [5.41, 5.74) is 0. The van der Waals surface area contributed by atoms with Gasteiger partial charge in [0.1, 0.15) is 6.10 Å². The molecule has 1 unspecified atom stereocenters. The summed E-state index contributed by atoms with van der Waals surface area (Å²) >= 11 is 0. The van der Waals surface area contributed by atoms with E-state index < -0.39 is 6.10 Å². The molecular formula is C53H88O4. The summed E-state index contributed by atoms with van der Waals surface area (Å²) in [6, 6.07) is 0. The van der Waals surface area contributed by atoms with Crippen LogP contribution < -0.4 is 0 Å². The van der Waals surface area contributed by atoms with Gasteiger partial charge in [-0.15, -0.1) is 0 Å². The Hall–Kier alpha value is -2.95. The number of rotatable bonds is 42. The van der Waals surface area contributed by atoms with Crippen LogP contribution in [0.15, 0.2) is 109 Å². The normalized spacial score (nSPS) is 13.4. The van der Waals surface area contributed by atoms with Gasteiger partial charge in [-0.3, -0.25) is 4.79 Å². The third-order valence-electron chi connectivity index (χ3n) is 9.59. The fourth-order valence-corrected chi connectivity index (χ4v) is 6.17. The molecule has 0 aromatic heterocycles. The smallest absolute Gasteiger partial charge is 0.306 e. The fourth-order valence-electron chi connectivity index (χ4n) is 6.17. The molecule has 57 heavy (non-hydrogen) atoms. The van der Waals surface area contributed by atoms with Gasteiger partial charge in [0.05, 0.1) is 13.2 Å². The Balaban J connectivity index is 3.51. The second-order valence-corrected chi connectivity index (χ2v) is 15.1. The number of hydrogen-bond donors (Lipinski definition) is 1. The molecular weight excluding hydrogens is 701 g/mol. The van der Waals surface area contributed by atoms with Crippen molar-refractivity contribution in [2.45, 2.75) is 200 Å². The van der Waals surface area contributed by atoms with E-state index in [9.17, 15) is 9.90 Å². The molecule has 0 rings (SSSR count). The lowest BCUT2D eigenvalue weighted by atomic mass is 10.1. The predicted octanol–water partition coefficient (Wildman–Crippen LogP) is 15.9. The number of unbranched alkanes of at least 4 members (excludes halogenated alkanes) is 16. The highest BCUT2D eigenvalue weighted by molar-refractivity contribution is 5.69. The van der Waals surface area contributed by atoms with Gasteiger partial charge in [0.15, 0.2) is 0 Å². The minimum absolute atomic E-state index is 0.186. The van der Waals surface area contributed by atoms with Crippen LogP contribution in [0.25, 0.3) is 0 Å². The highest BCUT2D eigenvalue weighted by atomic mass is 16.6. The van der Waals surface area contributed by atoms with Crippen LogP contribution >= 0.6 is 0 Å². The third-order valence-corrected chi connectivity index (χ3v) is 9.59. The van der Waals surface area contributed by atoms with E-state index >= 15 is 0 Å². The first kappa shape index (κ1) is 54.1. The molecule has 0 heterocycles. The molecule has 0 aliphatic rings. The van der Waals surface area contributed by atoms with Crippen LogP contribution in [0.2, 0.25) is 0 Å². The van der Waals surface area contributed by atoms with E-state index in [4.69, 9.17) is 9.47 Å². The second kappa shape index (κ2) is 49.2. The zero-order valence-electron chi connectivity index (χ0n) is 37.1. The maximum Gasteiger partial charge on any atom is 0.306 e. The summed E-state index contributed by atoms with van der Waals surface area (Å²) in [4.78, 5) is 12.3. The van der Waals surface area contributed by atoms with Crippen molar-refractivity contribution in [3.63, 3.8) is 0 Å². The minimum Gasteiger partial charge on any atom is -0.457 e. The lowest BCUT2D eigenvalue weighted by molar-refractivity contribution is -0.154. The maximum absolute atomic E-state index is 12.3. The first-order valence-electron chi connectivity index (χ1n) is 23.5. The van der Waals surface area contributed by atoms with Crippen LogP contribution in [0.4, 0.5) is 0 Å². The summed E-state index contributed by atoms with van der Waals surface area (Å²) in [5, 5.41) is 9.63. The number of allylic oxidation sites excluding steroid dienone is 18. The average molecular weight is 789 g/mol. The molecule has 4 heteroatoms. The molecule has 0 saturated carbocycles. The number of hydrogen-bond acceptors (Lipinski definition) is 4. The molecule has 4 nitrogen and oxygen atoms in total. The largest absolute Gasteiger partial charge is 0.457 e. The van der Waals surface area contributed by atoms with E-state index in [-0.39, 0.29) is 19.2 Å². The van der Waals surface area contributed by atoms with Crippen molar-refractivity contribution in [2.75, 3.05) is 19.8 Å². The third kappa shape index (κ3) is 47.3. The van der Waals surface area contributed by atoms with E-state index in [0.717, 1.165) is 83.5 Å². The van der Waals surface area contributed by atoms with Crippen LogP contribution in [0.5, 0.6) is 0 Å². The van der Waals surface area contributed by atoms with E-state index in [2.05, 4.69) is 123 Å². The van der Waals surface area contributed by atoms with Crippen molar-refractivity contribution in [3.8, 4) is 0 Å². The predicted molar refractivity (Wildman–Crippen MR) is 251 cm³/mol. The van der Waals surface area contributed by atoms with Gasteiger partial charge < -0.3 is 14.6 Å². The molecule has 0 aromatic rings. The molecule has 324 valence electrons.